The number of fused-ring (bicyclic) bond motifs is 2. The van der Waals surface area contributed by atoms with Crippen LogP contribution in [0.4, 0.5) is 4.79 Å². The minimum Gasteiger partial charge on any atom is -0.333 e. The molecule has 3 rings (SSSR count). The third kappa shape index (κ3) is 5.10. The summed E-state index contributed by atoms with van der Waals surface area (Å²) in [6.07, 6.45) is 6.59. The van der Waals surface area contributed by atoms with Crippen LogP contribution in [0.2, 0.25) is 0 Å². The van der Waals surface area contributed by atoms with Gasteiger partial charge in [-0.05, 0) is 38.5 Å². The maximum atomic E-state index is 12.5. The topological polar surface area (TPSA) is 93.2 Å². The summed E-state index contributed by atoms with van der Waals surface area (Å²) in [6.45, 7) is 1.01. The first-order chi connectivity index (χ1) is 13.6. The van der Waals surface area contributed by atoms with Crippen LogP contribution in [0.3, 0.4) is 0 Å². The van der Waals surface area contributed by atoms with Gasteiger partial charge in [0.1, 0.15) is 6.61 Å². The number of amides is 2. The molecule has 2 amide bonds. The van der Waals surface area contributed by atoms with Gasteiger partial charge in [0.15, 0.2) is 11.6 Å². The van der Waals surface area contributed by atoms with E-state index in [9.17, 15) is 19.2 Å². The summed E-state index contributed by atoms with van der Waals surface area (Å²) in [5.41, 5.74) is 0. The van der Waals surface area contributed by atoms with E-state index in [0.717, 1.165) is 38.5 Å². The molecule has 2 unspecified atom stereocenters. The Balaban J connectivity index is 1.61. The summed E-state index contributed by atoms with van der Waals surface area (Å²) in [6, 6.07) is -0.774. The predicted octanol–water partition coefficient (Wildman–Crippen LogP) is 2.39. The van der Waals surface area contributed by atoms with Crippen molar-refractivity contribution in [3.8, 4) is 0 Å². The van der Waals surface area contributed by atoms with Crippen LogP contribution in [0.25, 0.3) is 0 Å². The zero-order valence-electron chi connectivity index (χ0n) is 16.4. The number of hydrogen-bond donors (Lipinski definition) is 0. The van der Waals surface area contributed by atoms with Crippen LogP contribution in [-0.2, 0) is 24.2 Å². The molecule has 8 nitrogen and oxygen atoms in total. The molecular formula is C20H30N2O6. The molecule has 0 bridgehead atoms. The van der Waals surface area contributed by atoms with Gasteiger partial charge in [-0.3, -0.25) is 24.2 Å². The number of Topliss-reactive ketones (excluding diaryl/α,β-unsaturated/α-hetero) is 2. The van der Waals surface area contributed by atoms with Crippen LogP contribution in [0.15, 0.2) is 0 Å². The molecule has 8 heteroatoms. The van der Waals surface area contributed by atoms with E-state index in [1.54, 1.807) is 4.90 Å². The Bertz CT molecular complexity index is 556. The zero-order valence-corrected chi connectivity index (χ0v) is 16.4. The van der Waals surface area contributed by atoms with Gasteiger partial charge in [-0.1, -0.05) is 12.8 Å². The highest BCUT2D eigenvalue weighted by molar-refractivity contribution is 5.89. The number of carbonyl (C=O) groups excluding carboxylic acids is 4. The number of carbonyl (C=O) groups is 4. The van der Waals surface area contributed by atoms with Crippen molar-refractivity contribution in [1.29, 1.82) is 0 Å². The van der Waals surface area contributed by atoms with E-state index < -0.39 is 12.1 Å². The molecule has 3 aliphatic rings. The van der Waals surface area contributed by atoms with Gasteiger partial charge >= 0.3 is 6.09 Å². The first-order valence-electron chi connectivity index (χ1n) is 10.5. The Hall–Kier alpha value is -1.96. The zero-order chi connectivity index (χ0) is 19.9. The molecule has 0 aromatic carbocycles. The van der Waals surface area contributed by atoms with Gasteiger partial charge in [-0.25, -0.2) is 4.79 Å². The van der Waals surface area contributed by atoms with Crippen molar-refractivity contribution in [1.82, 2.24) is 9.80 Å². The van der Waals surface area contributed by atoms with E-state index in [4.69, 9.17) is 9.78 Å². The van der Waals surface area contributed by atoms with Crippen LogP contribution in [0, 0.1) is 0 Å². The molecule has 3 fully saturated rings. The SMILES string of the molecule is O=C1CCCCCCC(=O)C2CCCN2C(=O)OOCCC(=O)N2CCCC12. The van der Waals surface area contributed by atoms with Crippen LogP contribution in [0.1, 0.15) is 70.6 Å². The van der Waals surface area contributed by atoms with Crippen LogP contribution in [0.5, 0.6) is 0 Å². The minimum absolute atomic E-state index is 0.0550. The molecule has 156 valence electrons. The molecule has 0 aliphatic carbocycles. The molecule has 2 atom stereocenters. The molecule has 0 N–H and O–H groups in total. The quantitative estimate of drug-likeness (QED) is 0.586. The molecule has 0 spiro atoms. The van der Waals surface area contributed by atoms with E-state index in [1.165, 1.54) is 4.90 Å². The van der Waals surface area contributed by atoms with Crippen molar-refractivity contribution in [2.45, 2.75) is 82.7 Å². The maximum absolute atomic E-state index is 12.5. The monoisotopic (exact) mass is 394 g/mol. The van der Waals surface area contributed by atoms with E-state index in [2.05, 4.69) is 0 Å². The molecule has 3 saturated heterocycles. The Morgan fingerprint density at radius 1 is 0.679 bits per heavy atom. The second-order valence-corrected chi connectivity index (χ2v) is 7.86. The van der Waals surface area contributed by atoms with Crippen LogP contribution < -0.4 is 0 Å². The smallest absolute Gasteiger partial charge is 0.333 e. The summed E-state index contributed by atoms with van der Waals surface area (Å²) < 4.78 is 0. The number of nitrogens with zero attached hydrogens (tertiary/aromatic N) is 2. The average Bonchev–Trinajstić information content (AvgIpc) is 3.36. The van der Waals surface area contributed by atoms with Crippen LogP contribution >= 0.6 is 0 Å². The molecule has 0 aromatic heterocycles. The number of rotatable bonds is 0. The van der Waals surface area contributed by atoms with E-state index in [1.807, 2.05) is 0 Å². The van der Waals surface area contributed by atoms with E-state index >= 15 is 0 Å². The van der Waals surface area contributed by atoms with Crippen molar-refractivity contribution >= 4 is 23.6 Å². The predicted molar refractivity (Wildman–Crippen MR) is 99.2 cm³/mol. The van der Waals surface area contributed by atoms with Gasteiger partial charge in [0.25, 0.3) is 0 Å². The Kier molecular flexibility index (Phi) is 7.42. The molecule has 0 aromatic rings. The standard InChI is InChI=1S/C20H30N2O6/c23-17-9-3-1-2-4-10-18(24)16-8-6-13-22(16)20(26)28-27-14-11-19(25)21-12-5-7-15(17)21/h15-16H,1-14H2. The fourth-order valence-electron chi connectivity index (χ4n) is 4.42. The van der Waals surface area contributed by atoms with Gasteiger partial charge in [0.2, 0.25) is 5.91 Å². The minimum atomic E-state index is -0.668. The summed E-state index contributed by atoms with van der Waals surface area (Å²) in [5.74, 6) is 0.0302. The van der Waals surface area contributed by atoms with Crippen molar-refractivity contribution in [2.75, 3.05) is 19.7 Å². The molecule has 3 heterocycles. The molecule has 3 aliphatic heterocycles. The Labute approximate surface area is 165 Å². The molecular weight excluding hydrogens is 364 g/mol. The lowest BCUT2D eigenvalue weighted by molar-refractivity contribution is -0.246. The number of hydrogen-bond acceptors (Lipinski definition) is 6. The largest absolute Gasteiger partial charge is 0.441 e. The first-order valence-corrected chi connectivity index (χ1v) is 10.5. The van der Waals surface area contributed by atoms with Crippen molar-refractivity contribution in [2.24, 2.45) is 0 Å². The molecule has 28 heavy (non-hydrogen) atoms. The summed E-state index contributed by atoms with van der Waals surface area (Å²) in [5, 5.41) is 0. The third-order valence-corrected chi connectivity index (χ3v) is 5.93. The highest BCUT2D eigenvalue weighted by Gasteiger charge is 2.36. The average molecular weight is 394 g/mol. The Morgan fingerprint density at radius 2 is 1.25 bits per heavy atom. The van der Waals surface area contributed by atoms with Gasteiger partial charge in [0, 0.05) is 25.9 Å². The fraction of sp³-hybridized carbons (Fsp3) is 0.800. The van der Waals surface area contributed by atoms with Gasteiger partial charge in [-0.15, -0.1) is 0 Å². The number of ketones is 2. The first kappa shape index (κ1) is 20.8. The van der Waals surface area contributed by atoms with E-state index in [0.29, 0.717) is 38.8 Å². The Morgan fingerprint density at radius 3 is 1.89 bits per heavy atom. The van der Waals surface area contributed by atoms with Crippen molar-refractivity contribution < 1.29 is 29.0 Å². The summed E-state index contributed by atoms with van der Waals surface area (Å²) >= 11 is 0. The highest BCUT2D eigenvalue weighted by Crippen LogP contribution is 2.23. The lowest BCUT2D eigenvalue weighted by atomic mass is 10.0. The van der Waals surface area contributed by atoms with Crippen LogP contribution in [-0.4, -0.2) is 65.1 Å². The second kappa shape index (κ2) is 10.0. The van der Waals surface area contributed by atoms with Crippen molar-refractivity contribution in [3.63, 3.8) is 0 Å². The van der Waals surface area contributed by atoms with Gasteiger partial charge in [0.05, 0.1) is 18.5 Å². The normalized spacial score (nSPS) is 29.1. The highest BCUT2D eigenvalue weighted by atomic mass is 17.2. The molecule has 0 radical (unpaired) electrons. The summed E-state index contributed by atoms with van der Waals surface area (Å²) in [4.78, 5) is 62.5. The lowest BCUT2D eigenvalue weighted by Crippen LogP contribution is -2.41. The van der Waals surface area contributed by atoms with Gasteiger partial charge < -0.3 is 4.90 Å². The van der Waals surface area contributed by atoms with E-state index in [-0.39, 0.29) is 36.5 Å². The summed E-state index contributed by atoms with van der Waals surface area (Å²) in [7, 11) is 0. The van der Waals surface area contributed by atoms with Crippen molar-refractivity contribution in [3.05, 3.63) is 0 Å². The van der Waals surface area contributed by atoms with Gasteiger partial charge in [-0.2, -0.15) is 4.89 Å². The fourth-order valence-corrected chi connectivity index (χ4v) is 4.42. The maximum Gasteiger partial charge on any atom is 0.441 e. The third-order valence-electron chi connectivity index (χ3n) is 5.93. The molecule has 0 saturated carbocycles. The second-order valence-electron chi connectivity index (χ2n) is 7.86. The lowest BCUT2D eigenvalue weighted by Gasteiger charge is -2.24.